The normalized spacial score (nSPS) is 15.7. The monoisotopic (exact) mass is 408 g/mol. The molecule has 1 aromatic carbocycles. The lowest BCUT2D eigenvalue weighted by Gasteiger charge is -2.33. The summed E-state index contributed by atoms with van der Waals surface area (Å²) < 4.78 is 10.5. The van der Waals surface area contributed by atoms with Crippen LogP contribution in [0.3, 0.4) is 0 Å². The molecule has 2 amide bonds. The van der Waals surface area contributed by atoms with Crippen molar-refractivity contribution in [1.29, 1.82) is 0 Å². The molecule has 1 unspecified atom stereocenters. The summed E-state index contributed by atoms with van der Waals surface area (Å²) in [5.74, 6) is 1.09. The molecule has 1 atom stereocenters. The van der Waals surface area contributed by atoms with Gasteiger partial charge in [0.15, 0.2) is 11.6 Å². The zero-order chi connectivity index (χ0) is 20.9. The van der Waals surface area contributed by atoms with Crippen molar-refractivity contribution in [2.45, 2.75) is 38.1 Å². The smallest absolute Gasteiger partial charge is 0.287 e. The van der Waals surface area contributed by atoms with Crippen LogP contribution in [0.1, 0.15) is 46.6 Å². The molecule has 156 valence electrons. The predicted molar refractivity (Wildman–Crippen MR) is 108 cm³/mol. The van der Waals surface area contributed by atoms with Gasteiger partial charge in [0.2, 0.25) is 11.8 Å². The van der Waals surface area contributed by atoms with Gasteiger partial charge < -0.3 is 19.2 Å². The number of likely N-dealkylation sites (tertiary alicyclic amines) is 1. The van der Waals surface area contributed by atoms with E-state index in [9.17, 15) is 9.59 Å². The van der Waals surface area contributed by atoms with Gasteiger partial charge in [0.05, 0.1) is 6.26 Å². The second kappa shape index (κ2) is 8.94. The Morgan fingerprint density at radius 1 is 1.17 bits per heavy atom. The van der Waals surface area contributed by atoms with E-state index >= 15 is 0 Å². The molecule has 0 saturated carbocycles. The number of amides is 2. The van der Waals surface area contributed by atoms with Crippen molar-refractivity contribution in [1.82, 2.24) is 20.4 Å². The highest BCUT2D eigenvalue weighted by Gasteiger charge is 2.32. The predicted octanol–water partition coefficient (Wildman–Crippen LogP) is 2.72. The first-order valence-electron chi connectivity index (χ1n) is 10.1. The van der Waals surface area contributed by atoms with Crippen LogP contribution in [0, 0.1) is 6.92 Å². The Hall–Kier alpha value is -3.42. The number of aryl methyl sites for hydroxylation is 1. The molecule has 0 aliphatic carbocycles. The minimum Gasteiger partial charge on any atom is -0.459 e. The van der Waals surface area contributed by atoms with Crippen LogP contribution in [0.2, 0.25) is 0 Å². The first-order chi connectivity index (χ1) is 14.6. The van der Waals surface area contributed by atoms with E-state index in [2.05, 4.69) is 15.5 Å². The molecule has 1 fully saturated rings. The van der Waals surface area contributed by atoms with Crippen molar-refractivity contribution in [2.24, 2.45) is 0 Å². The minimum absolute atomic E-state index is 0.0982. The van der Waals surface area contributed by atoms with Crippen LogP contribution in [-0.4, -0.2) is 46.0 Å². The van der Waals surface area contributed by atoms with Gasteiger partial charge in [0.1, 0.15) is 6.04 Å². The van der Waals surface area contributed by atoms with Crippen molar-refractivity contribution >= 4 is 11.8 Å². The molecule has 0 radical (unpaired) electrons. The maximum Gasteiger partial charge on any atom is 0.287 e. The van der Waals surface area contributed by atoms with Crippen LogP contribution < -0.4 is 5.32 Å². The van der Waals surface area contributed by atoms with E-state index in [-0.39, 0.29) is 17.6 Å². The third-order valence-electron chi connectivity index (χ3n) is 5.33. The lowest BCUT2D eigenvalue weighted by Crippen LogP contribution is -2.51. The van der Waals surface area contributed by atoms with Crippen molar-refractivity contribution in [3.05, 3.63) is 71.8 Å². The van der Waals surface area contributed by atoms with Gasteiger partial charge in [-0.25, -0.2) is 0 Å². The first-order valence-corrected chi connectivity index (χ1v) is 10.1. The highest BCUT2D eigenvalue weighted by molar-refractivity contribution is 5.95. The van der Waals surface area contributed by atoms with Crippen LogP contribution in [0.25, 0.3) is 0 Å². The average Bonchev–Trinajstić information content (AvgIpc) is 3.46. The topological polar surface area (TPSA) is 101 Å². The number of carbonyl (C=O) groups excluding carboxylic acids is 2. The van der Waals surface area contributed by atoms with Gasteiger partial charge >= 0.3 is 0 Å². The number of nitrogens with zero attached hydrogens (tertiary/aromatic N) is 3. The molecule has 0 bridgehead atoms. The summed E-state index contributed by atoms with van der Waals surface area (Å²) >= 11 is 0. The summed E-state index contributed by atoms with van der Waals surface area (Å²) in [5, 5.41) is 6.70. The largest absolute Gasteiger partial charge is 0.459 e. The van der Waals surface area contributed by atoms with Crippen molar-refractivity contribution in [3.63, 3.8) is 0 Å². The molecule has 3 heterocycles. The second-order valence-corrected chi connectivity index (χ2v) is 7.47. The zero-order valence-electron chi connectivity index (χ0n) is 16.8. The standard InChI is InChI=1S/C22H24N4O4/c1-15-23-21(30-25-15)17-9-11-26(12-10-17)22(28)18(14-16-6-3-2-4-7-16)24-20(27)19-8-5-13-29-19/h2-8,13,17-18H,9-12,14H2,1H3,(H,24,27). The second-order valence-electron chi connectivity index (χ2n) is 7.47. The van der Waals surface area contributed by atoms with E-state index in [1.165, 1.54) is 6.26 Å². The van der Waals surface area contributed by atoms with Gasteiger partial charge in [-0.3, -0.25) is 9.59 Å². The zero-order valence-corrected chi connectivity index (χ0v) is 16.8. The van der Waals surface area contributed by atoms with E-state index in [0.717, 1.165) is 18.4 Å². The van der Waals surface area contributed by atoms with Crippen molar-refractivity contribution in [2.75, 3.05) is 13.1 Å². The first kappa shape index (κ1) is 19.9. The number of rotatable bonds is 6. The van der Waals surface area contributed by atoms with Crippen LogP contribution in [0.5, 0.6) is 0 Å². The lowest BCUT2D eigenvalue weighted by molar-refractivity contribution is -0.134. The molecule has 2 aromatic heterocycles. The fourth-order valence-corrected chi connectivity index (χ4v) is 3.73. The summed E-state index contributed by atoms with van der Waals surface area (Å²) in [5.41, 5.74) is 0.979. The van der Waals surface area contributed by atoms with Gasteiger partial charge in [0.25, 0.3) is 5.91 Å². The molecular weight excluding hydrogens is 384 g/mol. The van der Waals surface area contributed by atoms with Gasteiger partial charge in [0, 0.05) is 25.4 Å². The summed E-state index contributed by atoms with van der Waals surface area (Å²) in [6, 6.07) is 12.2. The van der Waals surface area contributed by atoms with E-state index < -0.39 is 11.9 Å². The molecule has 4 rings (SSSR count). The minimum atomic E-state index is -0.674. The van der Waals surface area contributed by atoms with Crippen molar-refractivity contribution in [3.8, 4) is 0 Å². The number of aromatic nitrogens is 2. The SMILES string of the molecule is Cc1noc(C2CCN(C(=O)C(Cc3ccccc3)NC(=O)c3ccco3)CC2)n1. The van der Waals surface area contributed by atoms with Gasteiger partial charge in [-0.2, -0.15) is 4.98 Å². The van der Waals surface area contributed by atoms with Gasteiger partial charge in [-0.15, -0.1) is 0 Å². The molecule has 30 heavy (non-hydrogen) atoms. The number of furan rings is 1. The number of hydrogen-bond donors (Lipinski definition) is 1. The fourth-order valence-electron chi connectivity index (χ4n) is 3.73. The molecular formula is C22H24N4O4. The van der Waals surface area contributed by atoms with Crippen LogP contribution >= 0.6 is 0 Å². The molecule has 8 heteroatoms. The van der Waals surface area contributed by atoms with Crippen LogP contribution in [0.4, 0.5) is 0 Å². The fraction of sp³-hybridized carbons (Fsp3) is 0.364. The number of piperidine rings is 1. The quantitative estimate of drug-likeness (QED) is 0.673. The third kappa shape index (κ3) is 4.59. The van der Waals surface area contributed by atoms with Crippen molar-refractivity contribution < 1.29 is 18.5 Å². The summed E-state index contributed by atoms with van der Waals surface area (Å²) in [4.78, 5) is 31.9. The number of benzene rings is 1. The van der Waals surface area contributed by atoms with E-state index in [1.807, 2.05) is 30.3 Å². The molecule has 1 aliphatic heterocycles. The molecule has 1 aliphatic rings. The lowest BCUT2D eigenvalue weighted by atomic mass is 9.95. The highest BCUT2D eigenvalue weighted by atomic mass is 16.5. The molecule has 0 spiro atoms. The molecule has 1 N–H and O–H groups in total. The van der Waals surface area contributed by atoms with Gasteiger partial charge in [-0.1, -0.05) is 35.5 Å². The Balaban J connectivity index is 1.44. The Morgan fingerprint density at radius 2 is 1.93 bits per heavy atom. The van der Waals surface area contributed by atoms with Crippen LogP contribution in [0.15, 0.2) is 57.7 Å². The van der Waals surface area contributed by atoms with E-state index in [1.54, 1.807) is 24.0 Å². The maximum absolute atomic E-state index is 13.3. The molecule has 1 saturated heterocycles. The molecule has 8 nitrogen and oxygen atoms in total. The number of nitrogens with one attached hydrogen (secondary N) is 1. The number of hydrogen-bond acceptors (Lipinski definition) is 6. The number of carbonyl (C=O) groups is 2. The Bertz CT molecular complexity index is 976. The van der Waals surface area contributed by atoms with E-state index in [4.69, 9.17) is 8.94 Å². The summed E-state index contributed by atoms with van der Waals surface area (Å²) in [6.45, 7) is 2.95. The van der Waals surface area contributed by atoms with Gasteiger partial charge in [-0.05, 0) is 37.5 Å². The maximum atomic E-state index is 13.3. The Morgan fingerprint density at radius 3 is 2.57 bits per heavy atom. The summed E-state index contributed by atoms with van der Waals surface area (Å²) in [7, 11) is 0. The average molecular weight is 408 g/mol. The summed E-state index contributed by atoms with van der Waals surface area (Å²) in [6.07, 6.45) is 3.34. The Labute approximate surface area is 174 Å². The highest BCUT2D eigenvalue weighted by Crippen LogP contribution is 2.27. The molecule has 3 aromatic rings. The van der Waals surface area contributed by atoms with Crippen LogP contribution in [-0.2, 0) is 11.2 Å². The third-order valence-corrected chi connectivity index (χ3v) is 5.33. The Kier molecular flexibility index (Phi) is 5.92. The van der Waals surface area contributed by atoms with E-state index in [0.29, 0.717) is 31.2 Å².